The lowest BCUT2D eigenvalue weighted by Gasteiger charge is -2.27. The number of carbonyl (C=O) groups excluding carboxylic acids is 1. The number of rotatable bonds is 2. The van der Waals surface area contributed by atoms with Crippen LogP contribution in [0.25, 0.3) is 0 Å². The third-order valence-corrected chi connectivity index (χ3v) is 3.55. The molecule has 0 unspecified atom stereocenters. The van der Waals surface area contributed by atoms with Crippen molar-refractivity contribution in [3.05, 3.63) is 33.8 Å². The minimum absolute atomic E-state index is 0.143. The Morgan fingerprint density at radius 2 is 1.94 bits per heavy atom. The van der Waals surface area contributed by atoms with E-state index in [1.165, 1.54) is 0 Å². The van der Waals surface area contributed by atoms with Gasteiger partial charge in [-0.1, -0.05) is 29.3 Å². The van der Waals surface area contributed by atoms with Crippen LogP contribution >= 0.6 is 23.2 Å². The van der Waals surface area contributed by atoms with E-state index in [-0.39, 0.29) is 5.91 Å². The molecule has 1 fully saturated rings. The van der Waals surface area contributed by atoms with Crippen molar-refractivity contribution in [2.75, 3.05) is 26.2 Å². The van der Waals surface area contributed by atoms with E-state index >= 15 is 0 Å². The van der Waals surface area contributed by atoms with E-state index < -0.39 is 0 Å². The highest BCUT2D eigenvalue weighted by Gasteiger charge is 2.16. The van der Waals surface area contributed by atoms with E-state index in [4.69, 9.17) is 23.2 Å². The van der Waals surface area contributed by atoms with Crippen molar-refractivity contribution in [3.8, 4) is 0 Å². The van der Waals surface area contributed by atoms with Crippen molar-refractivity contribution in [1.29, 1.82) is 0 Å². The molecule has 92 valence electrons. The molecule has 1 heterocycles. The molecule has 17 heavy (non-hydrogen) atoms. The Kier molecular flexibility index (Phi) is 4.26. The van der Waals surface area contributed by atoms with Gasteiger partial charge in [0.15, 0.2) is 0 Å². The largest absolute Gasteiger partial charge is 0.340 e. The van der Waals surface area contributed by atoms with Crippen LogP contribution in [0.5, 0.6) is 0 Å². The van der Waals surface area contributed by atoms with Gasteiger partial charge in [-0.15, -0.1) is 0 Å². The van der Waals surface area contributed by atoms with Crippen molar-refractivity contribution < 1.29 is 4.79 Å². The monoisotopic (exact) mass is 272 g/mol. The minimum Gasteiger partial charge on any atom is -0.340 e. The first-order valence-electron chi connectivity index (χ1n) is 5.59. The molecular weight excluding hydrogens is 259 g/mol. The molecule has 0 spiro atoms. The molecule has 2 rings (SSSR count). The summed E-state index contributed by atoms with van der Waals surface area (Å²) >= 11 is 11.7. The molecular formula is C12H14Cl2N2O. The summed E-state index contributed by atoms with van der Waals surface area (Å²) in [5.74, 6) is 0.143. The lowest BCUT2D eigenvalue weighted by atomic mass is 10.1. The zero-order valence-electron chi connectivity index (χ0n) is 9.38. The highest BCUT2D eigenvalue weighted by Crippen LogP contribution is 2.23. The van der Waals surface area contributed by atoms with Gasteiger partial charge in [-0.2, -0.15) is 0 Å². The van der Waals surface area contributed by atoms with Gasteiger partial charge < -0.3 is 10.2 Å². The molecule has 1 aliphatic rings. The fraction of sp³-hybridized carbons (Fsp3) is 0.417. The number of nitrogens with one attached hydrogen (secondary N) is 1. The van der Waals surface area contributed by atoms with Gasteiger partial charge in [0.1, 0.15) is 0 Å². The van der Waals surface area contributed by atoms with Crippen LogP contribution in [0.3, 0.4) is 0 Å². The Morgan fingerprint density at radius 3 is 2.59 bits per heavy atom. The SMILES string of the molecule is O=C(Cc1ccc(Cl)c(Cl)c1)N1CCNCC1. The summed E-state index contributed by atoms with van der Waals surface area (Å²) in [6, 6.07) is 5.32. The minimum atomic E-state index is 0.143. The number of carbonyl (C=O) groups is 1. The van der Waals surface area contributed by atoms with Crippen molar-refractivity contribution in [2.24, 2.45) is 0 Å². The zero-order chi connectivity index (χ0) is 12.3. The molecule has 0 atom stereocenters. The van der Waals surface area contributed by atoms with Gasteiger partial charge in [-0.25, -0.2) is 0 Å². The fourth-order valence-electron chi connectivity index (χ4n) is 1.85. The summed E-state index contributed by atoms with van der Waals surface area (Å²) in [6.07, 6.45) is 0.386. The van der Waals surface area contributed by atoms with Crippen molar-refractivity contribution in [1.82, 2.24) is 10.2 Å². The second kappa shape index (κ2) is 5.71. The van der Waals surface area contributed by atoms with Gasteiger partial charge in [-0.3, -0.25) is 4.79 Å². The van der Waals surface area contributed by atoms with Crippen LogP contribution in [-0.2, 0) is 11.2 Å². The molecule has 1 amide bonds. The Hall–Kier alpha value is -0.770. The Labute approximate surface area is 111 Å². The maximum Gasteiger partial charge on any atom is 0.227 e. The second-order valence-corrected chi connectivity index (χ2v) is 4.87. The Balaban J connectivity index is 1.99. The molecule has 0 saturated carbocycles. The van der Waals surface area contributed by atoms with E-state index in [0.29, 0.717) is 16.5 Å². The molecule has 3 nitrogen and oxygen atoms in total. The van der Waals surface area contributed by atoms with E-state index in [0.717, 1.165) is 31.7 Å². The summed E-state index contributed by atoms with van der Waals surface area (Å²) < 4.78 is 0. The smallest absolute Gasteiger partial charge is 0.227 e. The topological polar surface area (TPSA) is 32.3 Å². The fourth-order valence-corrected chi connectivity index (χ4v) is 2.17. The highest BCUT2D eigenvalue weighted by molar-refractivity contribution is 6.42. The normalized spacial score (nSPS) is 16.0. The summed E-state index contributed by atoms with van der Waals surface area (Å²) in [5, 5.41) is 4.23. The van der Waals surface area contributed by atoms with Crippen molar-refractivity contribution in [3.63, 3.8) is 0 Å². The number of halogens is 2. The molecule has 1 saturated heterocycles. The number of benzene rings is 1. The summed E-state index contributed by atoms with van der Waals surface area (Å²) in [7, 11) is 0. The van der Waals surface area contributed by atoms with Crippen LogP contribution < -0.4 is 5.32 Å². The molecule has 1 N–H and O–H groups in total. The maximum atomic E-state index is 12.0. The van der Waals surface area contributed by atoms with Crippen LogP contribution in [0.4, 0.5) is 0 Å². The predicted octanol–water partition coefficient (Wildman–Crippen LogP) is 1.97. The Bertz CT molecular complexity index is 417. The number of hydrogen-bond donors (Lipinski definition) is 1. The van der Waals surface area contributed by atoms with Gasteiger partial charge in [0.05, 0.1) is 16.5 Å². The number of nitrogens with zero attached hydrogens (tertiary/aromatic N) is 1. The van der Waals surface area contributed by atoms with Crippen LogP contribution in [0, 0.1) is 0 Å². The van der Waals surface area contributed by atoms with Crippen LogP contribution in [0.15, 0.2) is 18.2 Å². The van der Waals surface area contributed by atoms with Crippen LogP contribution in [0.1, 0.15) is 5.56 Å². The van der Waals surface area contributed by atoms with Gasteiger partial charge in [-0.05, 0) is 17.7 Å². The highest BCUT2D eigenvalue weighted by atomic mass is 35.5. The summed E-state index contributed by atoms with van der Waals surface area (Å²) in [6.45, 7) is 3.29. The Morgan fingerprint density at radius 1 is 1.24 bits per heavy atom. The molecule has 1 aromatic carbocycles. The molecule has 0 aromatic heterocycles. The first-order valence-corrected chi connectivity index (χ1v) is 6.35. The van der Waals surface area contributed by atoms with Crippen molar-refractivity contribution in [2.45, 2.75) is 6.42 Å². The maximum absolute atomic E-state index is 12.0. The second-order valence-electron chi connectivity index (χ2n) is 4.06. The standard InChI is InChI=1S/C12H14Cl2N2O/c13-10-2-1-9(7-11(10)14)8-12(17)16-5-3-15-4-6-16/h1-2,7,15H,3-6,8H2. The lowest BCUT2D eigenvalue weighted by molar-refractivity contribution is -0.131. The van der Waals surface area contributed by atoms with Gasteiger partial charge in [0, 0.05) is 26.2 Å². The molecule has 5 heteroatoms. The average Bonchev–Trinajstić information content (AvgIpc) is 2.35. The first kappa shape index (κ1) is 12.7. The summed E-state index contributed by atoms with van der Waals surface area (Å²) in [5.41, 5.74) is 0.905. The van der Waals surface area contributed by atoms with Crippen LogP contribution in [0.2, 0.25) is 10.0 Å². The number of amides is 1. The predicted molar refractivity (Wildman–Crippen MR) is 69.6 cm³/mol. The van der Waals surface area contributed by atoms with E-state index in [1.54, 1.807) is 12.1 Å². The number of piperazine rings is 1. The molecule has 0 radical (unpaired) electrons. The molecule has 1 aliphatic heterocycles. The quantitative estimate of drug-likeness (QED) is 0.893. The molecule has 0 bridgehead atoms. The van der Waals surface area contributed by atoms with Crippen LogP contribution in [-0.4, -0.2) is 37.0 Å². The first-order chi connectivity index (χ1) is 8.16. The van der Waals surface area contributed by atoms with Crippen molar-refractivity contribution >= 4 is 29.1 Å². The molecule has 0 aliphatic carbocycles. The average molecular weight is 273 g/mol. The zero-order valence-corrected chi connectivity index (χ0v) is 10.9. The third kappa shape index (κ3) is 3.35. The van der Waals surface area contributed by atoms with Gasteiger partial charge in [0.2, 0.25) is 5.91 Å². The van der Waals surface area contributed by atoms with Gasteiger partial charge in [0.25, 0.3) is 0 Å². The van der Waals surface area contributed by atoms with Gasteiger partial charge >= 0.3 is 0 Å². The van der Waals surface area contributed by atoms with E-state index in [1.807, 2.05) is 11.0 Å². The third-order valence-electron chi connectivity index (χ3n) is 2.81. The lowest BCUT2D eigenvalue weighted by Crippen LogP contribution is -2.46. The summed E-state index contributed by atoms with van der Waals surface area (Å²) in [4.78, 5) is 13.9. The molecule has 1 aromatic rings. The van der Waals surface area contributed by atoms with E-state index in [2.05, 4.69) is 5.32 Å². The van der Waals surface area contributed by atoms with E-state index in [9.17, 15) is 4.79 Å². The number of hydrogen-bond acceptors (Lipinski definition) is 2.